The molecular weight excluding hydrogens is 246 g/mol. The van der Waals surface area contributed by atoms with E-state index in [0.717, 1.165) is 10.7 Å². The van der Waals surface area contributed by atoms with E-state index in [2.05, 4.69) is 4.98 Å². The zero-order valence-corrected chi connectivity index (χ0v) is 10.6. The number of aromatic nitrogens is 2. The second-order valence-electron chi connectivity index (χ2n) is 4.05. The lowest BCUT2D eigenvalue weighted by molar-refractivity contribution is 0.103. The third-order valence-corrected chi connectivity index (χ3v) is 3.58. The van der Waals surface area contributed by atoms with Crippen LogP contribution in [0.1, 0.15) is 21.7 Å². The zero-order valence-electron chi connectivity index (χ0n) is 9.75. The fourth-order valence-corrected chi connectivity index (χ4v) is 2.70. The molecule has 5 heteroatoms. The van der Waals surface area contributed by atoms with E-state index in [1.807, 2.05) is 22.9 Å². The summed E-state index contributed by atoms with van der Waals surface area (Å²) in [5, 5.41) is 1.92. The van der Waals surface area contributed by atoms with E-state index in [1.165, 1.54) is 11.3 Å². The van der Waals surface area contributed by atoms with Crippen molar-refractivity contribution in [3.8, 4) is 0 Å². The summed E-state index contributed by atoms with van der Waals surface area (Å²) in [6, 6.07) is 6.94. The highest BCUT2D eigenvalue weighted by Gasteiger charge is 2.18. The quantitative estimate of drug-likeness (QED) is 0.567. The molecule has 0 aliphatic carbocycles. The van der Waals surface area contributed by atoms with Crippen LogP contribution in [0.5, 0.6) is 0 Å². The Hall–Kier alpha value is -2.14. The number of benzene rings is 1. The third-order valence-electron chi connectivity index (χ3n) is 2.82. The molecule has 0 saturated carbocycles. The second kappa shape index (κ2) is 3.96. The number of fused-ring (bicyclic) bond motifs is 1. The Labute approximate surface area is 108 Å². The first-order valence-electron chi connectivity index (χ1n) is 5.49. The Morgan fingerprint density at radius 2 is 2.06 bits per heavy atom. The first-order chi connectivity index (χ1) is 8.66. The van der Waals surface area contributed by atoms with Crippen LogP contribution in [-0.2, 0) is 0 Å². The van der Waals surface area contributed by atoms with Gasteiger partial charge in [-0.1, -0.05) is 0 Å². The molecule has 4 nitrogen and oxygen atoms in total. The number of imidazole rings is 1. The molecule has 2 N–H and O–H groups in total. The van der Waals surface area contributed by atoms with E-state index in [0.29, 0.717) is 16.9 Å². The third kappa shape index (κ3) is 1.60. The molecule has 2 aromatic heterocycles. The van der Waals surface area contributed by atoms with Gasteiger partial charge in [-0.3, -0.25) is 9.20 Å². The number of anilines is 1. The monoisotopic (exact) mass is 257 g/mol. The molecule has 90 valence electrons. The first-order valence-corrected chi connectivity index (χ1v) is 6.37. The minimum atomic E-state index is -0.0293. The number of carbonyl (C=O) groups excluding carboxylic acids is 1. The Bertz CT molecular complexity index is 724. The number of aryl methyl sites for hydroxylation is 1. The summed E-state index contributed by atoms with van der Waals surface area (Å²) in [5.74, 6) is -0.0293. The van der Waals surface area contributed by atoms with Crippen LogP contribution in [-0.4, -0.2) is 15.2 Å². The van der Waals surface area contributed by atoms with Gasteiger partial charge in [0.05, 0.1) is 5.69 Å². The number of hydrogen-bond acceptors (Lipinski definition) is 4. The molecule has 0 fully saturated rings. The van der Waals surface area contributed by atoms with Gasteiger partial charge in [-0.05, 0) is 31.2 Å². The molecule has 0 amide bonds. The fourth-order valence-electron chi connectivity index (χ4n) is 1.94. The molecule has 0 bridgehead atoms. The maximum absolute atomic E-state index is 12.5. The number of nitrogen functional groups attached to an aromatic ring is 1. The lowest BCUT2D eigenvalue weighted by Crippen LogP contribution is -2.06. The van der Waals surface area contributed by atoms with Crippen LogP contribution in [0.4, 0.5) is 5.69 Å². The number of nitrogens with two attached hydrogens (primary N) is 1. The van der Waals surface area contributed by atoms with E-state index in [9.17, 15) is 4.79 Å². The number of ketones is 1. The van der Waals surface area contributed by atoms with Crippen LogP contribution >= 0.6 is 11.3 Å². The van der Waals surface area contributed by atoms with E-state index in [1.54, 1.807) is 24.3 Å². The van der Waals surface area contributed by atoms with Crippen molar-refractivity contribution in [2.75, 3.05) is 5.73 Å². The number of nitrogens with zero attached hydrogens (tertiary/aromatic N) is 2. The van der Waals surface area contributed by atoms with Crippen molar-refractivity contribution in [1.29, 1.82) is 0 Å². The maximum atomic E-state index is 12.5. The lowest BCUT2D eigenvalue weighted by Gasteiger charge is -2.01. The van der Waals surface area contributed by atoms with Crippen molar-refractivity contribution in [3.05, 3.63) is 52.8 Å². The molecular formula is C13H11N3OS. The summed E-state index contributed by atoms with van der Waals surface area (Å²) in [4.78, 5) is 17.7. The largest absolute Gasteiger partial charge is 0.399 e. The van der Waals surface area contributed by atoms with Gasteiger partial charge in [0.2, 0.25) is 5.78 Å². The summed E-state index contributed by atoms with van der Waals surface area (Å²) in [7, 11) is 0. The number of hydrogen-bond donors (Lipinski definition) is 1. The molecule has 18 heavy (non-hydrogen) atoms. The van der Waals surface area contributed by atoms with Gasteiger partial charge in [-0.25, -0.2) is 4.98 Å². The zero-order chi connectivity index (χ0) is 12.7. The Morgan fingerprint density at radius 3 is 2.78 bits per heavy atom. The topological polar surface area (TPSA) is 60.4 Å². The van der Waals surface area contributed by atoms with Gasteiger partial charge >= 0.3 is 0 Å². The molecule has 0 aliphatic heterocycles. The standard InChI is InChI=1S/C13H11N3OS/c1-8-11(16-6-7-18-13(16)15-8)12(17)9-2-4-10(14)5-3-9/h2-7H,14H2,1H3. The summed E-state index contributed by atoms with van der Waals surface area (Å²) in [6.45, 7) is 1.85. The normalized spacial score (nSPS) is 10.9. The van der Waals surface area contributed by atoms with Gasteiger partial charge in [0.25, 0.3) is 0 Å². The van der Waals surface area contributed by atoms with E-state index in [4.69, 9.17) is 5.73 Å². The summed E-state index contributed by atoms with van der Waals surface area (Å²) in [6.07, 6.45) is 1.87. The van der Waals surface area contributed by atoms with Crippen molar-refractivity contribution in [2.45, 2.75) is 6.92 Å². The van der Waals surface area contributed by atoms with Crippen molar-refractivity contribution in [1.82, 2.24) is 9.38 Å². The minimum absolute atomic E-state index is 0.0293. The van der Waals surface area contributed by atoms with Gasteiger partial charge in [0, 0.05) is 22.8 Å². The van der Waals surface area contributed by atoms with Crippen LogP contribution in [0.15, 0.2) is 35.8 Å². The van der Waals surface area contributed by atoms with Crippen LogP contribution in [0, 0.1) is 6.92 Å². The molecule has 0 saturated heterocycles. The van der Waals surface area contributed by atoms with Gasteiger partial charge in [-0.15, -0.1) is 11.3 Å². The molecule has 3 rings (SSSR count). The average molecular weight is 257 g/mol. The van der Waals surface area contributed by atoms with Gasteiger partial charge in [0.15, 0.2) is 4.96 Å². The fraction of sp³-hybridized carbons (Fsp3) is 0.0769. The van der Waals surface area contributed by atoms with Crippen LogP contribution in [0.25, 0.3) is 4.96 Å². The van der Waals surface area contributed by atoms with Gasteiger partial charge < -0.3 is 5.73 Å². The SMILES string of the molecule is Cc1nc2sccn2c1C(=O)c1ccc(N)cc1. The minimum Gasteiger partial charge on any atom is -0.399 e. The number of thiazole rings is 1. The first kappa shape index (κ1) is 11.0. The van der Waals surface area contributed by atoms with E-state index < -0.39 is 0 Å². The number of rotatable bonds is 2. The van der Waals surface area contributed by atoms with Crippen LogP contribution in [0.3, 0.4) is 0 Å². The Morgan fingerprint density at radius 1 is 1.33 bits per heavy atom. The predicted molar refractivity (Wildman–Crippen MR) is 72.1 cm³/mol. The summed E-state index contributed by atoms with van der Waals surface area (Å²) in [5.41, 5.74) is 8.27. The van der Waals surface area contributed by atoms with E-state index >= 15 is 0 Å². The summed E-state index contributed by atoms with van der Waals surface area (Å²) >= 11 is 1.52. The lowest BCUT2D eigenvalue weighted by atomic mass is 10.1. The Balaban J connectivity index is 2.14. The molecule has 0 radical (unpaired) electrons. The molecule has 0 spiro atoms. The van der Waals surface area contributed by atoms with Crippen LogP contribution < -0.4 is 5.73 Å². The predicted octanol–water partition coefficient (Wildman–Crippen LogP) is 2.52. The van der Waals surface area contributed by atoms with Crippen molar-refractivity contribution in [2.24, 2.45) is 0 Å². The highest BCUT2D eigenvalue weighted by atomic mass is 32.1. The smallest absolute Gasteiger partial charge is 0.211 e. The molecule has 0 unspecified atom stereocenters. The average Bonchev–Trinajstić information content (AvgIpc) is 2.89. The molecule has 0 aliphatic rings. The van der Waals surface area contributed by atoms with Crippen molar-refractivity contribution >= 4 is 27.8 Å². The highest BCUT2D eigenvalue weighted by molar-refractivity contribution is 7.15. The summed E-state index contributed by atoms with van der Waals surface area (Å²) < 4.78 is 1.83. The van der Waals surface area contributed by atoms with Crippen molar-refractivity contribution < 1.29 is 4.79 Å². The van der Waals surface area contributed by atoms with E-state index in [-0.39, 0.29) is 5.78 Å². The van der Waals surface area contributed by atoms with Crippen LogP contribution in [0.2, 0.25) is 0 Å². The number of carbonyl (C=O) groups is 1. The Kier molecular flexibility index (Phi) is 2.41. The molecule has 1 aromatic carbocycles. The second-order valence-corrected chi connectivity index (χ2v) is 4.93. The highest BCUT2D eigenvalue weighted by Crippen LogP contribution is 2.20. The maximum Gasteiger partial charge on any atom is 0.211 e. The molecule has 0 atom stereocenters. The molecule has 2 heterocycles. The van der Waals surface area contributed by atoms with Crippen molar-refractivity contribution in [3.63, 3.8) is 0 Å². The molecule has 3 aromatic rings. The van der Waals surface area contributed by atoms with Gasteiger partial charge in [0.1, 0.15) is 5.69 Å². The van der Waals surface area contributed by atoms with Gasteiger partial charge in [-0.2, -0.15) is 0 Å².